The van der Waals surface area contributed by atoms with Crippen molar-refractivity contribution in [3.05, 3.63) is 35.0 Å². The average molecular weight is 411 g/mol. The number of aromatic nitrogens is 1. The zero-order chi connectivity index (χ0) is 19.9. The maximum absolute atomic E-state index is 12.4. The number of nitrogen functional groups attached to an aromatic ring is 1. The van der Waals surface area contributed by atoms with Crippen LogP contribution in [-0.2, 0) is 25.2 Å². The maximum Gasteiger partial charge on any atom is 0.352 e. The summed E-state index contributed by atoms with van der Waals surface area (Å²) in [5.41, 5.74) is 4.87. The van der Waals surface area contributed by atoms with Gasteiger partial charge in [0.1, 0.15) is 22.8 Å². The zero-order valence-corrected chi connectivity index (χ0v) is 15.1. The number of hydrogen-bond acceptors (Lipinski definition) is 9. The van der Waals surface area contributed by atoms with Crippen molar-refractivity contribution in [3.63, 3.8) is 0 Å². The number of anilines is 1. The average Bonchev–Trinajstić information content (AvgIpc) is 3.05. The van der Waals surface area contributed by atoms with Crippen LogP contribution in [0.5, 0.6) is 0 Å². The van der Waals surface area contributed by atoms with Gasteiger partial charge in [-0.3, -0.25) is 18.7 Å². The molecule has 1 aromatic rings. The molecule has 3 heterocycles. The van der Waals surface area contributed by atoms with Crippen LogP contribution in [0, 0.1) is 0 Å². The molecule has 0 saturated carbocycles. The predicted octanol–water partition coefficient (Wildman–Crippen LogP) is -1.16. The van der Waals surface area contributed by atoms with Crippen molar-refractivity contribution >= 4 is 50.8 Å². The van der Waals surface area contributed by atoms with Crippen molar-refractivity contribution in [3.8, 4) is 0 Å². The zero-order valence-electron chi connectivity index (χ0n) is 13.5. The van der Waals surface area contributed by atoms with E-state index in [-0.39, 0.29) is 27.8 Å². The number of nitrogens with two attached hydrogens (primary N) is 1. The Labute approximate surface area is 158 Å². The number of nitrogens with zero attached hydrogens (tertiary/aromatic N) is 3. The Kier molecular flexibility index (Phi) is 4.80. The SMILES string of the molecule is C=CC1=C(C(=O)O)N2C(=O)[C@@H](NC(=O)/C(=N/O)c3csc(N)n3)[C@H]2S(=O)C1. The highest BCUT2D eigenvalue weighted by Crippen LogP contribution is 2.35. The number of hydrogen-bond donors (Lipinski definition) is 4. The van der Waals surface area contributed by atoms with E-state index in [2.05, 4.69) is 22.0 Å². The number of carboxylic acids is 1. The summed E-state index contributed by atoms with van der Waals surface area (Å²) in [7, 11) is -1.66. The molecule has 13 heteroatoms. The van der Waals surface area contributed by atoms with E-state index in [1.54, 1.807) is 0 Å². The first kappa shape index (κ1) is 18.7. The third-order valence-electron chi connectivity index (χ3n) is 3.97. The van der Waals surface area contributed by atoms with Gasteiger partial charge < -0.3 is 21.4 Å². The number of allylic oxidation sites excluding steroid dienone is 1. The van der Waals surface area contributed by atoms with E-state index in [4.69, 9.17) is 10.9 Å². The molecule has 0 spiro atoms. The number of fused-ring (bicyclic) bond motifs is 1. The van der Waals surface area contributed by atoms with Crippen LogP contribution < -0.4 is 11.1 Å². The summed E-state index contributed by atoms with van der Waals surface area (Å²) in [6.45, 7) is 3.47. The van der Waals surface area contributed by atoms with E-state index in [0.29, 0.717) is 0 Å². The summed E-state index contributed by atoms with van der Waals surface area (Å²) >= 11 is 1.02. The first-order valence-electron chi connectivity index (χ1n) is 7.33. The Morgan fingerprint density at radius 3 is 2.78 bits per heavy atom. The van der Waals surface area contributed by atoms with Crippen LogP contribution in [0.2, 0.25) is 0 Å². The van der Waals surface area contributed by atoms with Gasteiger partial charge in [0.15, 0.2) is 10.8 Å². The van der Waals surface area contributed by atoms with Gasteiger partial charge in [0.2, 0.25) is 0 Å². The Balaban J connectivity index is 1.84. The predicted molar refractivity (Wildman–Crippen MR) is 95.3 cm³/mol. The van der Waals surface area contributed by atoms with Gasteiger partial charge in [-0.15, -0.1) is 11.3 Å². The third kappa shape index (κ3) is 3.00. The minimum atomic E-state index is -1.66. The Bertz CT molecular complexity index is 952. The minimum Gasteiger partial charge on any atom is -0.477 e. The van der Waals surface area contributed by atoms with Crippen LogP contribution in [0.4, 0.5) is 5.13 Å². The molecule has 11 nitrogen and oxygen atoms in total. The van der Waals surface area contributed by atoms with Gasteiger partial charge >= 0.3 is 5.97 Å². The van der Waals surface area contributed by atoms with Gasteiger partial charge in [0, 0.05) is 5.38 Å². The lowest BCUT2D eigenvalue weighted by Crippen LogP contribution is -2.74. The Morgan fingerprint density at radius 2 is 2.26 bits per heavy atom. The number of rotatable bonds is 5. The van der Waals surface area contributed by atoms with Crippen LogP contribution in [0.3, 0.4) is 0 Å². The van der Waals surface area contributed by atoms with E-state index >= 15 is 0 Å². The molecule has 1 unspecified atom stereocenters. The van der Waals surface area contributed by atoms with Crippen molar-refractivity contribution in [2.45, 2.75) is 11.4 Å². The molecule has 0 aromatic carbocycles. The number of carbonyl (C=O) groups excluding carboxylic acids is 2. The van der Waals surface area contributed by atoms with Crippen molar-refractivity contribution in [1.29, 1.82) is 0 Å². The van der Waals surface area contributed by atoms with Gasteiger partial charge in [-0.05, 0) is 5.57 Å². The topological polar surface area (TPSA) is 175 Å². The standard InChI is InChI=1S/C14H13N5O6S2/c1-2-5-4-27(25)12-8(11(21)19(12)9(5)13(22)23)17-10(20)7(18-24)6-3-26-14(15)16-6/h2-3,8,12,24H,1,4H2,(H2,15,16)(H,17,20)(H,22,23)/b18-7+/t8-,12-,27?/m1/s1. The monoisotopic (exact) mass is 411 g/mol. The lowest BCUT2D eigenvalue weighted by molar-refractivity contribution is -0.150. The largest absolute Gasteiger partial charge is 0.477 e. The van der Waals surface area contributed by atoms with Gasteiger partial charge in [0.05, 0.1) is 16.6 Å². The van der Waals surface area contributed by atoms with Crippen molar-refractivity contribution in [2.75, 3.05) is 11.5 Å². The van der Waals surface area contributed by atoms with Gasteiger partial charge in [-0.1, -0.05) is 17.8 Å². The number of aliphatic carboxylic acids is 1. The first-order valence-corrected chi connectivity index (χ1v) is 9.59. The number of amides is 2. The van der Waals surface area contributed by atoms with Crippen LogP contribution in [0.15, 0.2) is 34.5 Å². The molecule has 0 radical (unpaired) electrons. The van der Waals surface area contributed by atoms with Crippen LogP contribution in [0.1, 0.15) is 5.69 Å². The summed E-state index contributed by atoms with van der Waals surface area (Å²) in [6, 6.07) is -1.23. The molecule has 2 aliphatic heterocycles. The number of nitrogens with one attached hydrogen (secondary N) is 1. The molecule has 1 saturated heterocycles. The van der Waals surface area contributed by atoms with E-state index < -0.39 is 45.7 Å². The minimum absolute atomic E-state index is 0.00552. The van der Waals surface area contributed by atoms with Crippen molar-refractivity contribution in [2.24, 2.45) is 5.16 Å². The smallest absolute Gasteiger partial charge is 0.352 e. The first-order chi connectivity index (χ1) is 12.8. The van der Waals surface area contributed by atoms with Crippen molar-refractivity contribution in [1.82, 2.24) is 15.2 Å². The normalized spacial score (nSPS) is 24.9. The van der Waals surface area contributed by atoms with E-state index in [1.165, 1.54) is 11.5 Å². The summed E-state index contributed by atoms with van der Waals surface area (Å²) in [4.78, 5) is 40.9. The molecule has 142 valence electrons. The fourth-order valence-corrected chi connectivity index (χ4v) is 4.99. The fourth-order valence-electron chi connectivity index (χ4n) is 2.78. The lowest BCUT2D eigenvalue weighted by Gasteiger charge is -2.48. The molecule has 0 bridgehead atoms. The summed E-state index contributed by atoms with van der Waals surface area (Å²) in [5.74, 6) is -3.16. The van der Waals surface area contributed by atoms with E-state index in [1.807, 2.05) is 0 Å². The molecule has 3 rings (SSSR count). The quantitative estimate of drug-likeness (QED) is 0.203. The second-order valence-electron chi connectivity index (χ2n) is 5.48. The van der Waals surface area contributed by atoms with Crippen LogP contribution in [0.25, 0.3) is 0 Å². The van der Waals surface area contributed by atoms with Crippen LogP contribution in [-0.4, -0.2) is 65.1 Å². The molecule has 1 aromatic heterocycles. The molecule has 3 atom stereocenters. The molecule has 5 N–H and O–H groups in total. The summed E-state index contributed by atoms with van der Waals surface area (Å²) in [5, 5.41) is 24.1. The van der Waals surface area contributed by atoms with Gasteiger partial charge in [-0.2, -0.15) is 0 Å². The Morgan fingerprint density at radius 1 is 1.56 bits per heavy atom. The number of carboxylic acid groups (broad SMARTS) is 1. The highest BCUT2D eigenvalue weighted by atomic mass is 32.2. The summed E-state index contributed by atoms with van der Waals surface area (Å²) in [6.07, 6.45) is 1.24. The van der Waals surface area contributed by atoms with Gasteiger partial charge in [-0.25, -0.2) is 9.78 Å². The van der Waals surface area contributed by atoms with Crippen molar-refractivity contribution < 1.29 is 28.9 Å². The molecule has 2 amide bonds. The maximum atomic E-state index is 12.4. The van der Waals surface area contributed by atoms with E-state index in [9.17, 15) is 23.7 Å². The Hall–Kier alpha value is -3.06. The fraction of sp³-hybridized carbons (Fsp3) is 0.214. The van der Waals surface area contributed by atoms with Crippen LogP contribution >= 0.6 is 11.3 Å². The van der Waals surface area contributed by atoms with Gasteiger partial charge in [0.25, 0.3) is 11.8 Å². The number of thiazole rings is 1. The molecule has 1 fully saturated rings. The lowest BCUT2D eigenvalue weighted by atomic mass is 10.0. The molecule has 2 aliphatic rings. The third-order valence-corrected chi connectivity index (χ3v) is 6.26. The highest BCUT2D eigenvalue weighted by Gasteiger charge is 2.57. The number of β-lactam (4-membered cyclic amide) rings is 1. The second kappa shape index (κ2) is 6.92. The molecule has 0 aliphatic carbocycles. The molecular formula is C14H13N5O6S2. The molecular weight excluding hydrogens is 398 g/mol. The highest BCUT2D eigenvalue weighted by molar-refractivity contribution is 7.86. The number of carbonyl (C=O) groups is 3. The number of oxime groups is 1. The second-order valence-corrected chi connectivity index (χ2v) is 7.90. The summed E-state index contributed by atoms with van der Waals surface area (Å²) < 4.78 is 12.4. The van der Waals surface area contributed by atoms with E-state index in [0.717, 1.165) is 16.2 Å². The molecule has 27 heavy (non-hydrogen) atoms.